The molecule has 23 heavy (non-hydrogen) atoms. The average Bonchev–Trinajstić information content (AvgIpc) is 2.42. The van der Waals surface area contributed by atoms with Crippen molar-refractivity contribution in [1.29, 1.82) is 0 Å². The van der Waals surface area contributed by atoms with E-state index in [2.05, 4.69) is 11.4 Å². The fraction of sp³-hybridized carbons (Fsp3) is 0.611. The van der Waals surface area contributed by atoms with Gasteiger partial charge in [0.2, 0.25) is 5.91 Å². The summed E-state index contributed by atoms with van der Waals surface area (Å²) in [5.41, 5.74) is 7.22. The highest BCUT2D eigenvalue weighted by Gasteiger charge is 2.26. The minimum atomic E-state index is -0.804. The van der Waals surface area contributed by atoms with Crippen LogP contribution in [0, 0.1) is 0 Å². The number of hydrogen-bond acceptors (Lipinski definition) is 3. The van der Waals surface area contributed by atoms with E-state index in [9.17, 15) is 4.79 Å². The summed E-state index contributed by atoms with van der Waals surface area (Å²) >= 11 is 0. The van der Waals surface area contributed by atoms with Crippen LogP contribution in [0.5, 0.6) is 0 Å². The Labute approximate surface area is 146 Å². The monoisotopic (exact) mass is 342 g/mol. The van der Waals surface area contributed by atoms with Crippen molar-refractivity contribution in [3.8, 4) is 0 Å². The van der Waals surface area contributed by atoms with Crippen LogP contribution in [-0.4, -0.2) is 17.0 Å². The molecule has 0 radical (unpaired) electrons. The van der Waals surface area contributed by atoms with Gasteiger partial charge in [-0.1, -0.05) is 37.6 Å². The molecule has 0 aliphatic carbocycles. The number of benzene rings is 1. The first kappa shape index (κ1) is 21.9. The molecule has 1 unspecified atom stereocenters. The summed E-state index contributed by atoms with van der Waals surface area (Å²) in [7, 11) is 0. The number of carbonyl (C=O) groups is 1. The highest BCUT2D eigenvalue weighted by Crippen LogP contribution is 2.14. The van der Waals surface area contributed by atoms with E-state index in [-0.39, 0.29) is 23.9 Å². The molecule has 0 saturated heterocycles. The molecule has 1 aromatic carbocycles. The molecule has 4 nitrogen and oxygen atoms in total. The Hall–Kier alpha value is -1.10. The van der Waals surface area contributed by atoms with E-state index in [4.69, 9.17) is 10.5 Å². The second-order valence-corrected chi connectivity index (χ2v) is 7.07. The number of nitrogens with two attached hydrogens (primary N) is 1. The molecule has 132 valence electrons. The predicted octanol–water partition coefficient (Wildman–Crippen LogP) is 3.56. The fourth-order valence-corrected chi connectivity index (χ4v) is 2.15. The number of ether oxygens (including phenoxy) is 1. The van der Waals surface area contributed by atoms with Crippen molar-refractivity contribution < 1.29 is 9.53 Å². The summed E-state index contributed by atoms with van der Waals surface area (Å²) in [6, 6.07) is 8.06. The quantitative estimate of drug-likeness (QED) is 0.796. The predicted molar refractivity (Wildman–Crippen MR) is 97.6 cm³/mol. The molecule has 1 amide bonds. The van der Waals surface area contributed by atoms with Crippen LogP contribution in [0.4, 0.5) is 0 Å². The molecule has 0 spiro atoms. The molecule has 0 saturated carbocycles. The van der Waals surface area contributed by atoms with Gasteiger partial charge in [0.25, 0.3) is 0 Å². The molecular formula is C18H31ClN2O2. The van der Waals surface area contributed by atoms with Gasteiger partial charge in [0.05, 0.1) is 17.7 Å². The third-order valence-corrected chi connectivity index (χ3v) is 3.40. The van der Waals surface area contributed by atoms with Crippen molar-refractivity contribution >= 4 is 18.3 Å². The van der Waals surface area contributed by atoms with Crippen LogP contribution in [0.25, 0.3) is 0 Å². The highest BCUT2D eigenvalue weighted by molar-refractivity contribution is 5.85. The zero-order chi connectivity index (χ0) is 16.8. The fourth-order valence-electron chi connectivity index (χ4n) is 2.15. The van der Waals surface area contributed by atoms with Gasteiger partial charge >= 0.3 is 0 Å². The Bertz CT molecular complexity index is 496. The van der Waals surface area contributed by atoms with Crippen molar-refractivity contribution in [3.05, 3.63) is 35.4 Å². The van der Waals surface area contributed by atoms with Gasteiger partial charge in [-0.15, -0.1) is 12.4 Å². The Morgan fingerprint density at radius 2 is 1.83 bits per heavy atom. The molecule has 0 heterocycles. The van der Waals surface area contributed by atoms with Crippen molar-refractivity contribution in [2.75, 3.05) is 0 Å². The van der Waals surface area contributed by atoms with Gasteiger partial charge in [0, 0.05) is 6.54 Å². The largest absolute Gasteiger partial charge is 0.371 e. The van der Waals surface area contributed by atoms with E-state index in [0.717, 1.165) is 17.5 Å². The number of amides is 1. The third kappa shape index (κ3) is 8.35. The van der Waals surface area contributed by atoms with Gasteiger partial charge in [-0.05, 0) is 45.2 Å². The van der Waals surface area contributed by atoms with Crippen LogP contribution < -0.4 is 11.1 Å². The van der Waals surface area contributed by atoms with Crippen LogP contribution >= 0.6 is 12.4 Å². The van der Waals surface area contributed by atoms with Crippen LogP contribution in [0.15, 0.2) is 24.3 Å². The maximum atomic E-state index is 12.1. The summed E-state index contributed by atoms with van der Waals surface area (Å²) < 4.78 is 5.77. The smallest absolute Gasteiger partial charge is 0.240 e. The van der Waals surface area contributed by atoms with E-state index < -0.39 is 5.54 Å². The number of carbonyl (C=O) groups excluding carboxylic acids is 1. The number of rotatable bonds is 7. The summed E-state index contributed by atoms with van der Waals surface area (Å²) in [6.07, 6.45) is 1.57. The normalized spacial score (nSPS) is 13.8. The first-order valence-electron chi connectivity index (χ1n) is 7.93. The minimum absolute atomic E-state index is 0. The molecule has 0 aliphatic rings. The van der Waals surface area contributed by atoms with Gasteiger partial charge < -0.3 is 15.8 Å². The van der Waals surface area contributed by atoms with Gasteiger partial charge in [-0.25, -0.2) is 0 Å². The van der Waals surface area contributed by atoms with E-state index in [1.54, 1.807) is 6.92 Å². The van der Waals surface area contributed by atoms with Crippen molar-refractivity contribution in [3.63, 3.8) is 0 Å². The van der Waals surface area contributed by atoms with Crippen molar-refractivity contribution in [2.24, 2.45) is 5.73 Å². The Balaban J connectivity index is 0.00000484. The first-order chi connectivity index (χ1) is 10.1. The molecule has 0 aliphatic heterocycles. The zero-order valence-corrected chi connectivity index (χ0v) is 15.8. The highest BCUT2D eigenvalue weighted by atomic mass is 35.5. The lowest BCUT2D eigenvalue weighted by Crippen LogP contribution is -2.51. The minimum Gasteiger partial charge on any atom is -0.371 e. The Morgan fingerprint density at radius 3 is 2.39 bits per heavy atom. The van der Waals surface area contributed by atoms with Crippen LogP contribution in [0.1, 0.15) is 58.6 Å². The lowest BCUT2D eigenvalue weighted by atomic mass is 9.96. The van der Waals surface area contributed by atoms with Crippen LogP contribution in [0.2, 0.25) is 0 Å². The van der Waals surface area contributed by atoms with Crippen LogP contribution in [-0.2, 0) is 22.7 Å². The lowest BCUT2D eigenvalue weighted by molar-refractivity contribution is -0.126. The Morgan fingerprint density at radius 1 is 1.22 bits per heavy atom. The maximum absolute atomic E-state index is 12.1. The summed E-state index contributed by atoms with van der Waals surface area (Å²) in [5.74, 6) is -0.106. The lowest BCUT2D eigenvalue weighted by Gasteiger charge is -2.23. The van der Waals surface area contributed by atoms with Gasteiger partial charge in [0.15, 0.2) is 0 Å². The Kier molecular flexibility index (Phi) is 8.82. The third-order valence-electron chi connectivity index (χ3n) is 3.40. The van der Waals surface area contributed by atoms with E-state index >= 15 is 0 Å². The molecular weight excluding hydrogens is 312 g/mol. The molecule has 3 N–H and O–H groups in total. The second-order valence-electron chi connectivity index (χ2n) is 7.07. The molecule has 1 atom stereocenters. The maximum Gasteiger partial charge on any atom is 0.240 e. The van der Waals surface area contributed by atoms with Crippen LogP contribution in [0.3, 0.4) is 0 Å². The molecule has 0 aromatic heterocycles. The molecule has 1 aromatic rings. The van der Waals surface area contributed by atoms with Gasteiger partial charge in [-0.2, -0.15) is 0 Å². The first-order valence-corrected chi connectivity index (χ1v) is 7.93. The zero-order valence-electron chi connectivity index (χ0n) is 14.9. The number of nitrogens with one attached hydrogen (secondary N) is 1. The SMILES string of the molecule is CCCC(C)(N)C(=O)NCc1cccc(COC(C)(C)C)c1.Cl. The van der Waals surface area contributed by atoms with E-state index in [1.807, 2.05) is 45.9 Å². The van der Waals surface area contributed by atoms with Crippen molar-refractivity contribution in [2.45, 2.75) is 71.8 Å². The second kappa shape index (κ2) is 9.26. The van der Waals surface area contributed by atoms with E-state index in [0.29, 0.717) is 19.6 Å². The summed E-state index contributed by atoms with van der Waals surface area (Å²) in [5, 5.41) is 2.92. The van der Waals surface area contributed by atoms with E-state index in [1.165, 1.54) is 0 Å². The molecule has 1 rings (SSSR count). The number of halogens is 1. The summed E-state index contributed by atoms with van der Waals surface area (Å²) in [6.45, 7) is 11.0. The van der Waals surface area contributed by atoms with Crippen molar-refractivity contribution in [1.82, 2.24) is 5.32 Å². The standard InChI is InChI=1S/C18H30N2O2.ClH/c1-6-10-18(5,19)16(21)20-12-14-8-7-9-15(11-14)13-22-17(2,3)4;/h7-9,11H,6,10,12-13,19H2,1-5H3,(H,20,21);1H. The average molecular weight is 343 g/mol. The summed E-state index contributed by atoms with van der Waals surface area (Å²) in [4.78, 5) is 12.1. The number of hydrogen-bond donors (Lipinski definition) is 2. The van der Waals surface area contributed by atoms with Gasteiger partial charge in [-0.3, -0.25) is 4.79 Å². The topological polar surface area (TPSA) is 64.4 Å². The van der Waals surface area contributed by atoms with Gasteiger partial charge in [0.1, 0.15) is 0 Å². The molecule has 0 fully saturated rings. The molecule has 5 heteroatoms. The molecule has 0 bridgehead atoms.